The Morgan fingerprint density at radius 1 is 1.67 bits per heavy atom. The molecule has 0 aliphatic heterocycles. The summed E-state index contributed by atoms with van der Waals surface area (Å²) >= 11 is 0. The van der Waals surface area contributed by atoms with Crippen molar-refractivity contribution in [3.63, 3.8) is 0 Å². The molecule has 0 spiro atoms. The highest BCUT2D eigenvalue weighted by Gasteiger charge is 1.84. The van der Waals surface area contributed by atoms with Crippen molar-refractivity contribution in [2.24, 2.45) is 0 Å². The van der Waals surface area contributed by atoms with E-state index in [0.717, 1.165) is 14.0 Å². The molecule has 0 saturated carbocycles. The zero-order valence-corrected chi connectivity index (χ0v) is 4.86. The maximum Gasteiger partial charge on any atom is 0.200 e. The van der Waals surface area contributed by atoms with E-state index in [4.69, 9.17) is 0 Å². The van der Waals surface area contributed by atoms with E-state index in [1.807, 2.05) is 0 Å². The third-order valence-corrected chi connectivity index (χ3v) is 1.08. The Hall–Kier alpha value is 0.0249. The second-order valence-corrected chi connectivity index (χ2v) is 1.49. The third kappa shape index (κ3) is 2.27. The standard InChI is InChI=1S/C4H12BN/c1-4-6(3)5-2/h5H,4H2,1-3H3. The van der Waals surface area contributed by atoms with Crippen molar-refractivity contribution in [1.82, 2.24) is 4.81 Å². The molecule has 1 nitrogen and oxygen atoms in total. The van der Waals surface area contributed by atoms with Gasteiger partial charge in [-0.3, -0.25) is 0 Å². The third-order valence-electron chi connectivity index (χ3n) is 1.08. The molecule has 0 heterocycles. The Morgan fingerprint density at radius 2 is 2.17 bits per heavy atom. The van der Waals surface area contributed by atoms with E-state index < -0.39 is 0 Å². The SMILES string of the molecule is CBN(C)CC. The van der Waals surface area contributed by atoms with E-state index >= 15 is 0 Å². The summed E-state index contributed by atoms with van der Waals surface area (Å²) in [5.41, 5.74) is 0. The molecule has 0 aliphatic carbocycles. The van der Waals surface area contributed by atoms with E-state index in [0.29, 0.717) is 0 Å². The lowest BCUT2D eigenvalue weighted by Crippen LogP contribution is -2.19. The number of nitrogens with zero attached hydrogens (tertiary/aromatic N) is 1. The van der Waals surface area contributed by atoms with Gasteiger partial charge in [0, 0.05) is 0 Å². The lowest BCUT2D eigenvalue weighted by atomic mass is 9.98. The van der Waals surface area contributed by atoms with Crippen LogP contribution in [0, 0.1) is 0 Å². The largest absolute Gasteiger partial charge is 0.348 e. The van der Waals surface area contributed by atoms with Crippen LogP contribution in [-0.4, -0.2) is 25.8 Å². The molecule has 0 saturated heterocycles. The topological polar surface area (TPSA) is 3.24 Å². The van der Waals surface area contributed by atoms with Gasteiger partial charge in [0.1, 0.15) is 0 Å². The molecular weight excluding hydrogens is 72.9 g/mol. The van der Waals surface area contributed by atoms with Crippen LogP contribution in [0.15, 0.2) is 0 Å². The van der Waals surface area contributed by atoms with Crippen molar-refractivity contribution >= 4 is 7.41 Å². The summed E-state index contributed by atoms with van der Waals surface area (Å²) in [6.07, 6.45) is 0. The fourth-order valence-electron chi connectivity index (χ4n) is 0.224. The highest BCUT2D eigenvalue weighted by Crippen LogP contribution is 1.71. The second-order valence-electron chi connectivity index (χ2n) is 1.49. The highest BCUT2D eigenvalue weighted by atomic mass is 15.0. The van der Waals surface area contributed by atoms with E-state index in [-0.39, 0.29) is 0 Å². The first-order valence-electron chi connectivity index (χ1n) is 2.49. The molecule has 0 aromatic carbocycles. The molecule has 0 amide bonds. The highest BCUT2D eigenvalue weighted by molar-refractivity contribution is 6.29. The Bertz CT molecular complexity index is 26.7. The first-order chi connectivity index (χ1) is 2.81. The van der Waals surface area contributed by atoms with Gasteiger partial charge in [-0.2, -0.15) is 0 Å². The molecule has 0 atom stereocenters. The average molecular weight is 85.0 g/mol. The summed E-state index contributed by atoms with van der Waals surface area (Å²) in [5, 5.41) is 0. The van der Waals surface area contributed by atoms with Crippen LogP contribution in [0.2, 0.25) is 6.82 Å². The van der Waals surface area contributed by atoms with E-state index in [9.17, 15) is 0 Å². The molecule has 0 radical (unpaired) electrons. The predicted octanol–water partition coefficient (Wildman–Crippen LogP) is 0.338. The van der Waals surface area contributed by atoms with Gasteiger partial charge in [-0.15, -0.1) is 0 Å². The van der Waals surface area contributed by atoms with Crippen LogP contribution < -0.4 is 0 Å². The Kier molecular flexibility index (Phi) is 3.24. The summed E-state index contributed by atoms with van der Waals surface area (Å²) in [6, 6.07) is 0. The quantitative estimate of drug-likeness (QED) is 0.437. The Balaban J connectivity index is 2.75. The van der Waals surface area contributed by atoms with Crippen LogP contribution in [0.4, 0.5) is 0 Å². The van der Waals surface area contributed by atoms with Gasteiger partial charge in [0.15, 0.2) is 0 Å². The van der Waals surface area contributed by atoms with Crippen LogP contribution in [0.1, 0.15) is 6.92 Å². The van der Waals surface area contributed by atoms with Crippen LogP contribution >= 0.6 is 0 Å². The van der Waals surface area contributed by atoms with Gasteiger partial charge in [-0.05, 0) is 13.6 Å². The Labute approximate surface area is 40.6 Å². The summed E-state index contributed by atoms with van der Waals surface area (Å²) in [6.45, 7) is 5.48. The van der Waals surface area contributed by atoms with Gasteiger partial charge in [0.05, 0.1) is 0 Å². The van der Waals surface area contributed by atoms with Gasteiger partial charge in [-0.25, -0.2) is 0 Å². The van der Waals surface area contributed by atoms with Crippen molar-refractivity contribution in [2.45, 2.75) is 13.7 Å². The first-order valence-corrected chi connectivity index (χ1v) is 2.49. The van der Waals surface area contributed by atoms with E-state index in [2.05, 4.69) is 25.6 Å². The van der Waals surface area contributed by atoms with Crippen LogP contribution in [0.3, 0.4) is 0 Å². The average Bonchev–Trinajstić information content (AvgIpc) is 1.65. The Morgan fingerprint density at radius 3 is 2.17 bits per heavy atom. The van der Waals surface area contributed by atoms with Crippen molar-refractivity contribution < 1.29 is 0 Å². The minimum Gasteiger partial charge on any atom is -0.348 e. The normalized spacial score (nSPS) is 9.33. The number of hydrogen-bond acceptors (Lipinski definition) is 1. The monoisotopic (exact) mass is 85.1 g/mol. The number of hydrogen-bond donors (Lipinski definition) is 0. The summed E-state index contributed by atoms with van der Waals surface area (Å²) < 4.78 is 0. The fourth-order valence-corrected chi connectivity index (χ4v) is 0.224. The van der Waals surface area contributed by atoms with Crippen molar-refractivity contribution in [1.29, 1.82) is 0 Å². The molecule has 36 valence electrons. The zero-order chi connectivity index (χ0) is 4.99. The first kappa shape index (κ1) is 6.02. The zero-order valence-electron chi connectivity index (χ0n) is 4.86. The van der Waals surface area contributed by atoms with Gasteiger partial charge < -0.3 is 4.81 Å². The lowest BCUT2D eigenvalue weighted by Gasteiger charge is -2.06. The van der Waals surface area contributed by atoms with Crippen LogP contribution in [0.5, 0.6) is 0 Å². The van der Waals surface area contributed by atoms with Crippen molar-refractivity contribution in [3.8, 4) is 0 Å². The van der Waals surface area contributed by atoms with Crippen LogP contribution in [-0.2, 0) is 0 Å². The molecule has 0 aromatic heterocycles. The summed E-state index contributed by atoms with van der Waals surface area (Å²) in [5.74, 6) is 0. The van der Waals surface area contributed by atoms with Crippen molar-refractivity contribution in [3.05, 3.63) is 0 Å². The maximum absolute atomic E-state index is 2.25. The van der Waals surface area contributed by atoms with Gasteiger partial charge in [0.2, 0.25) is 7.41 Å². The molecule has 6 heavy (non-hydrogen) atoms. The minimum atomic E-state index is 1.16. The molecule has 0 bridgehead atoms. The number of rotatable bonds is 2. The van der Waals surface area contributed by atoms with Crippen LogP contribution in [0.25, 0.3) is 0 Å². The minimum absolute atomic E-state index is 1.16. The van der Waals surface area contributed by atoms with Gasteiger partial charge >= 0.3 is 0 Å². The van der Waals surface area contributed by atoms with E-state index in [1.54, 1.807) is 0 Å². The molecule has 0 fully saturated rings. The smallest absolute Gasteiger partial charge is 0.200 e. The molecule has 0 rings (SSSR count). The molecule has 0 aliphatic rings. The fraction of sp³-hybridized carbons (Fsp3) is 1.00. The predicted molar refractivity (Wildman–Crippen MR) is 31.3 cm³/mol. The molecule has 0 unspecified atom stereocenters. The summed E-state index contributed by atoms with van der Waals surface area (Å²) in [4.78, 5) is 2.25. The molecule has 0 aromatic rings. The second kappa shape index (κ2) is 3.22. The maximum atomic E-state index is 2.25. The van der Waals surface area contributed by atoms with E-state index in [1.165, 1.54) is 0 Å². The van der Waals surface area contributed by atoms with Gasteiger partial charge in [-0.1, -0.05) is 13.7 Å². The molecular formula is C4H12BN. The van der Waals surface area contributed by atoms with Crippen molar-refractivity contribution in [2.75, 3.05) is 13.6 Å². The lowest BCUT2D eigenvalue weighted by molar-refractivity contribution is 0.570. The summed E-state index contributed by atoms with van der Waals surface area (Å²) in [7, 11) is 3.27. The van der Waals surface area contributed by atoms with Gasteiger partial charge in [0.25, 0.3) is 0 Å². The molecule has 0 N–H and O–H groups in total. The molecule has 2 heteroatoms.